The van der Waals surface area contributed by atoms with Crippen molar-refractivity contribution < 1.29 is 5.11 Å². The van der Waals surface area contributed by atoms with Gasteiger partial charge in [-0.05, 0) is 6.07 Å². The highest BCUT2D eigenvalue weighted by molar-refractivity contribution is 5.80. The summed E-state index contributed by atoms with van der Waals surface area (Å²) >= 11 is 0. The maximum Gasteiger partial charge on any atom is 0.161 e. The lowest BCUT2D eigenvalue weighted by Gasteiger charge is -1.93. The Bertz CT molecular complexity index is 393. The highest BCUT2D eigenvalue weighted by Gasteiger charge is 2.02. The van der Waals surface area contributed by atoms with Gasteiger partial charge in [-0.2, -0.15) is 5.10 Å². The quantitative estimate of drug-likeness (QED) is 0.599. The molecule has 11 heavy (non-hydrogen) atoms. The largest absolute Gasteiger partial charge is 0.507 e. The highest BCUT2D eigenvalue weighted by Crippen LogP contribution is 2.20. The Labute approximate surface area is 63.1 Å². The minimum Gasteiger partial charge on any atom is -0.507 e. The molecule has 1 N–H and O–H groups in total. The van der Waals surface area contributed by atoms with Crippen LogP contribution in [0.1, 0.15) is 0 Å². The van der Waals surface area contributed by atoms with E-state index in [1.165, 1.54) is 0 Å². The lowest BCUT2D eigenvalue weighted by Crippen LogP contribution is -1.90. The van der Waals surface area contributed by atoms with Crippen LogP contribution in [0.4, 0.5) is 0 Å². The van der Waals surface area contributed by atoms with Gasteiger partial charge in [-0.15, -0.1) is 0 Å². The van der Waals surface area contributed by atoms with Crippen LogP contribution in [0.25, 0.3) is 11.0 Å². The molecule has 0 unspecified atom stereocenters. The molecule has 0 bridgehead atoms. The Balaban J connectivity index is 2.94. The third kappa shape index (κ3) is 0.756. The van der Waals surface area contributed by atoms with Crippen molar-refractivity contribution in [2.75, 3.05) is 0 Å². The average molecular weight is 149 g/mol. The number of rotatable bonds is 0. The van der Waals surface area contributed by atoms with Crippen LogP contribution in [-0.4, -0.2) is 19.9 Å². The summed E-state index contributed by atoms with van der Waals surface area (Å²) in [5, 5.41) is 13.9. The zero-order valence-corrected chi connectivity index (χ0v) is 6.02. The van der Waals surface area contributed by atoms with Crippen molar-refractivity contribution in [2.24, 2.45) is 7.05 Å². The number of aryl methyl sites for hydroxylation is 1. The highest BCUT2D eigenvalue weighted by atomic mass is 16.3. The topological polar surface area (TPSA) is 50.9 Å². The van der Waals surface area contributed by atoms with Gasteiger partial charge in [-0.1, -0.05) is 0 Å². The maximum absolute atomic E-state index is 9.29. The van der Waals surface area contributed by atoms with E-state index in [-0.39, 0.29) is 5.75 Å². The van der Waals surface area contributed by atoms with Crippen molar-refractivity contribution in [1.29, 1.82) is 0 Å². The SMILES string of the molecule is Cn1ncc2c(O)ccnc21. The Hall–Kier alpha value is -1.58. The van der Waals surface area contributed by atoms with Crippen molar-refractivity contribution in [3.05, 3.63) is 18.5 Å². The normalized spacial score (nSPS) is 10.6. The Morgan fingerprint density at radius 1 is 1.55 bits per heavy atom. The summed E-state index contributed by atoms with van der Waals surface area (Å²) in [5.41, 5.74) is 0.699. The predicted octanol–water partition coefficient (Wildman–Crippen LogP) is 0.674. The molecule has 4 heteroatoms. The second-order valence-corrected chi connectivity index (χ2v) is 2.34. The molecular weight excluding hydrogens is 142 g/mol. The van der Waals surface area contributed by atoms with Gasteiger partial charge in [0.05, 0.1) is 11.6 Å². The van der Waals surface area contributed by atoms with E-state index < -0.39 is 0 Å². The Morgan fingerprint density at radius 3 is 3.09 bits per heavy atom. The third-order valence-corrected chi connectivity index (χ3v) is 1.61. The van der Waals surface area contributed by atoms with Crippen LogP contribution < -0.4 is 0 Å². The zero-order valence-electron chi connectivity index (χ0n) is 6.02. The summed E-state index contributed by atoms with van der Waals surface area (Å²) in [6.45, 7) is 0. The minimum absolute atomic E-state index is 0.225. The average Bonchev–Trinajstić information content (AvgIpc) is 2.35. The van der Waals surface area contributed by atoms with Gasteiger partial charge in [0, 0.05) is 13.2 Å². The molecule has 0 atom stereocenters. The Kier molecular flexibility index (Phi) is 1.09. The molecule has 0 amide bonds. The number of fused-ring (bicyclic) bond motifs is 1. The summed E-state index contributed by atoms with van der Waals surface area (Å²) in [6, 6.07) is 1.55. The molecule has 0 saturated carbocycles. The van der Waals surface area contributed by atoms with E-state index in [4.69, 9.17) is 0 Å². The summed E-state index contributed by atoms with van der Waals surface area (Å²) in [6.07, 6.45) is 3.15. The van der Waals surface area contributed by atoms with Gasteiger partial charge in [0.15, 0.2) is 5.65 Å². The first kappa shape index (κ1) is 6.15. The molecule has 2 heterocycles. The van der Waals surface area contributed by atoms with Crippen LogP contribution >= 0.6 is 0 Å². The van der Waals surface area contributed by atoms with Crippen LogP contribution in [-0.2, 0) is 7.05 Å². The molecule has 0 aromatic carbocycles. The van der Waals surface area contributed by atoms with Crippen LogP contribution in [0, 0.1) is 0 Å². The molecule has 0 radical (unpaired) electrons. The number of hydrogen-bond donors (Lipinski definition) is 1. The van der Waals surface area contributed by atoms with Crippen LogP contribution in [0.2, 0.25) is 0 Å². The van der Waals surface area contributed by atoms with Crippen molar-refractivity contribution in [3.8, 4) is 5.75 Å². The molecule has 56 valence electrons. The van der Waals surface area contributed by atoms with E-state index in [1.54, 1.807) is 30.2 Å². The lowest BCUT2D eigenvalue weighted by atomic mass is 10.3. The van der Waals surface area contributed by atoms with Crippen molar-refractivity contribution in [1.82, 2.24) is 14.8 Å². The van der Waals surface area contributed by atoms with E-state index in [0.29, 0.717) is 11.0 Å². The standard InChI is InChI=1S/C7H7N3O/c1-10-7-5(4-9-10)6(11)2-3-8-7/h2-4H,1H3,(H,8,11). The third-order valence-electron chi connectivity index (χ3n) is 1.61. The fraction of sp³-hybridized carbons (Fsp3) is 0.143. The first-order chi connectivity index (χ1) is 5.29. The number of aromatic hydroxyl groups is 1. The van der Waals surface area contributed by atoms with Gasteiger partial charge in [0.25, 0.3) is 0 Å². The van der Waals surface area contributed by atoms with E-state index >= 15 is 0 Å². The number of nitrogens with zero attached hydrogens (tertiary/aromatic N) is 3. The van der Waals surface area contributed by atoms with E-state index in [1.807, 2.05) is 0 Å². The fourth-order valence-corrected chi connectivity index (χ4v) is 1.03. The summed E-state index contributed by atoms with van der Waals surface area (Å²) in [7, 11) is 1.79. The monoisotopic (exact) mass is 149 g/mol. The van der Waals surface area contributed by atoms with E-state index in [0.717, 1.165) is 0 Å². The second-order valence-electron chi connectivity index (χ2n) is 2.34. The second kappa shape index (κ2) is 1.95. The predicted molar refractivity (Wildman–Crippen MR) is 40.2 cm³/mol. The van der Waals surface area contributed by atoms with Gasteiger partial charge in [-0.25, -0.2) is 4.98 Å². The van der Waals surface area contributed by atoms with Crippen molar-refractivity contribution in [3.63, 3.8) is 0 Å². The Morgan fingerprint density at radius 2 is 2.36 bits per heavy atom. The van der Waals surface area contributed by atoms with Gasteiger partial charge in [-0.3, -0.25) is 4.68 Å². The maximum atomic E-state index is 9.29. The van der Waals surface area contributed by atoms with Crippen LogP contribution in [0.15, 0.2) is 18.5 Å². The molecule has 0 aliphatic heterocycles. The summed E-state index contributed by atoms with van der Waals surface area (Å²) in [5.74, 6) is 0.225. The molecule has 2 aromatic rings. The molecule has 0 spiro atoms. The summed E-state index contributed by atoms with van der Waals surface area (Å²) < 4.78 is 1.62. The molecular formula is C7H7N3O. The lowest BCUT2D eigenvalue weighted by molar-refractivity contribution is 0.481. The first-order valence-electron chi connectivity index (χ1n) is 3.25. The first-order valence-corrected chi connectivity index (χ1v) is 3.25. The van der Waals surface area contributed by atoms with Gasteiger partial charge < -0.3 is 5.11 Å². The number of pyridine rings is 1. The molecule has 0 saturated heterocycles. The molecule has 2 aromatic heterocycles. The van der Waals surface area contributed by atoms with E-state index in [9.17, 15) is 5.11 Å². The van der Waals surface area contributed by atoms with Gasteiger partial charge >= 0.3 is 0 Å². The fourth-order valence-electron chi connectivity index (χ4n) is 1.03. The van der Waals surface area contributed by atoms with Gasteiger partial charge in [0.2, 0.25) is 0 Å². The van der Waals surface area contributed by atoms with Crippen molar-refractivity contribution >= 4 is 11.0 Å². The van der Waals surface area contributed by atoms with Crippen LogP contribution in [0.3, 0.4) is 0 Å². The van der Waals surface area contributed by atoms with Crippen LogP contribution in [0.5, 0.6) is 5.75 Å². The van der Waals surface area contributed by atoms with E-state index in [2.05, 4.69) is 10.1 Å². The molecule has 0 aliphatic rings. The zero-order chi connectivity index (χ0) is 7.84. The molecule has 4 nitrogen and oxygen atoms in total. The number of hydrogen-bond acceptors (Lipinski definition) is 3. The number of aromatic nitrogens is 3. The molecule has 2 rings (SSSR count). The molecule has 0 aliphatic carbocycles. The molecule has 0 fully saturated rings. The smallest absolute Gasteiger partial charge is 0.161 e. The minimum atomic E-state index is 0.225. The van der Waals surface area contributed by atoms with Gasteiger partial charge in [0.1, 0.15) is 5.75 Å². The van der Waals surface area contributed by atoms with Crippen molar-refractivity contribution in [2.45, 2.75) is 0 Å². The summed E-state index contributed by atoms with van der Waals surface area (Å²) in [4.78, 5) is 4.04.